The van der Waals surface area contributed by atoms with E-state index >= 15 is 0 Å². The van der Waals surface area contributed by atoms with Crippen LogP contribution in [-0.4, -0.2) is 23.1 Å². The lowest BCUT2D eigenvalue weighted by Gasteiger charge is -2.33. The molecule has 0 fully saturated rings. The smallest absolute Gasteiger partial charge is 0.418 e. The molecule has 146 valence electrons. The Hall–Kier alpha value is -2.60. The van der Waals surface area contributed by atoms with Crippen molar-refractivity contribution in [1.29, 1.82) is 0 Å². The summed E-state index contributed by atoms with van der Waals surface area (Å²) < 4.78 is 12.2. The predicted molar refractivity (Wildman–Crippen MR) is 114 cm³/mol. The van der Waals surface area contributed by atoms with E-state index in [1.807, 2.05) is 45.9 Å². The summed E-state index contributed by atoms with van der Waals surface area (Å²) in [4.78, 5) is 27.6. The predicted octanol–water partition coefficient (Wildman–Crippen LogP) is 5.84. The Kier molecular flexibility index (Phi) is 5.61. The molecule has 28 heavy (non-hydrogen) atoms. The molecule has 1 amide bonds. The average molecular weight is 444 g/mol. The van der Waals surface area contributed by atoms with E-state index in [4.69, 9.17) is 9.15 Å². The molecule has 0 spiro atoms. The molecule has 0 aliphatic rings. The van der Waals surface area contributed by atoms with E-state index in [2.05, 4.69) is 15.9 Å². The molecule has 0 aliphatic heterocycles. The normalized spacial score (nSPS) is 11.5. The zero-order valence-electron chi connectivity index (χ0n) is 16.3. The summed E-state index contributed by atoms with van der Waals surface area (Å²) in [6.45, 7) is 8.10. The third-order valence-corrected chi connectivity index (χ3v) is 4.90. The molecule has 0 saturated heterocycles. The fourth-order valence-electron chi connectivity index (χ4n) is 3.08. The molecule has 6 heteroatoms. The van der Waals surface area contributed by atoms with Crippen LogP contribution in [0.1, 0.15) is 27.7 Å². The third kappa shape index (κ3) is 3.97. The molecule has 0 radical (unpaired) electrons. The van der Waals surface area contributed by atoms with Gasteiger partial charge in [-0.05, 0) is 51.5 Å². The fraction of sp³-hybridized carbons (Fsp3) is 0.273. The van der Waals surface area contributed by atoms with Gasteiger partial charge in [-0.25, -0.2) is 4.79 Å². The van der Waals surface area contributed by atoms with Gasteiger partial charge in [-0.15, -0.1) is 0 Å². The molecule has 0 unspecified atom stereocenters. The molecular formula is C22H22BrNO4. The minimum absolute atomic E-state index is 0.0984. The Morgan fingerprint density at radius 3 is 2.43 bits per heavy atom. The number of halogens is 1. The number of carbonyl (C=O) groups excluding carboxylic acids is 1. The zero-order valence-corrected chi connectivity index (χ0v) is 17.9. The first-order valence-corrected chi connectivity index (χ1v) is 9.83. The van der Waals surface area contributed by atoms with Crippen molar-refractivity contribution in [2.24, 2.45) is 0 Å². The van der Waals surface area contributed by atoms with Gasteiger partial charge in [-0.2, -0.15) is 0 Å². The Bertz CT molecular complexity index is 1070. The molecule has 0 aliphatic carbocycles. The quantitative estimate of drug-likeness (QED) is 0.509. The molecule has 3 aromatic rings. The number of amides is 1. The van der Waals surface area contributed by atoms with E-state index in [9.17, 15) is 9.59 Å². The molecule has 0 saturated carbocycles. The SMILES string of the molecule is CCN(C(=O)Oc1oc2ccc(Br)cc2c(=O)c1-c1ccccc1)C(C)(C)C. The maximum Gasteiger partial charge on any atom is 0.418 e. The first-order valence-electron chi connectivity index (χ1n) is 9.03. The standard InChI is InChI=1S/C22H22BrNO4/c1-5-24(22(2,3)4)21(26)28-20-18(14-9-7-6-8-10-14)19(25)16-13-15(23)11-12-17(16)27-20/h6-13H,5H2,1-4H3. The minimum Gasteiger partial charge on any atom is -0.425 e. The molecule has 0 N–H and O–H groups in total. The highest BCUT2D eigenvalue weighted by Gasteiger charge is 2.29. The number of hydrogen-bond donors (Lipinski definition) is 0. The highest BCUT2D eigenvalue weighted by Crippen LogP contribution is 2.32. The maximum atomic E-state index is 13.2. The van der Waals surface area contributed by atoms with Crippen LogP contribution < -0.4 is 10.2 Å². The number of carbonyl (C=O) groups is 1. The van der Waals surface area contributed by atoms with Crippen LogP contribution in [0.25, 0.3) is 22.1 Å². The van der Waals surface area contributed by atoms with Gasteiger partial charge in [0, 0.05) is 16.6 Å². The first-order chi connectivity index (χ1) is 13.2. The Balaban J connectivity index is 2.19. The van der Waals surface area contributed by atoms with E-state index in [1.54, 1.807) is 35.2 Å². The van der Waals surface area contributed by atoms with E-state index < -0.39 is 11.6 Å². The van der Waals surface area contributed by atoms with Gasteiger partial charge < -0.3 is 14.1 Å². The van der Waals surface area contributed by atoms with Crippen LogP contribution >= 0.6 is 15.9 Å². The van der Waals surface area contributed by atoms with Crippen molar-refractivity contribution in [3.8, 4) is 17.1 Å². The Morgan fingerprint density at radius 1 is 1.14 bits per heavy atom. The van der Waals surface area contributed by atoms with Crippen LogP contribution in [0.15, 0.2) is 62.2 Å². The summed E-state index contributed by atoms with van der Waals surface area (Å²) in [5, 5.41) is 0.413. The van der Waals surface area contributed by atoms with Crippen molar-refractivity contribution in [1.82, 2.24) is 4.90 Å². The van der Waals surface area contributed by atoms with Gasteiger partial charge in [0.15, 0.2) is 0 Å². The van der Waals surface area contributed by atoms with Gasteiger partial charge in [0.25, 0.3) is 0 Å². The highest BCUT2D eigenvalue weighted by molar-refractivity contribution is 9.10. The number of fused-ring (bicyclic) bond motifs is 1. The lowest BCUT2D eigenvalue weighted by Crippen LogP contribution is -2.46. The maximum absolute atomic E-state index is 13.2. The molecular weight excluding hydrogens is 422 g/mol. The molecule has 0 bridgehead atoms. The van der Waals surface area contributed by atoms with Gasteiger partial charge in [0.05, 0.1) is 5.39 Å². The highest BCUT2D eigenvalue weighted by atomic mass is 79.9. The van der Waals surface area contributed by atoms with Crippen molar-refractivity contribution in [2.45, 2.75) is 33.2 Å². The van der Waals surface area contributed by atoms with Gasteiger partial charge in [-0.3, -0.25) is 4.79 Å². The van der Waals surface area contributed by atoms with Crippen LogP contribution in [0.4, 0.5) is 4.79 Å². The Morgan fingerprint density at radius 2 is 1.82 bits per heavy atom. The topological polar surface area (TPSA) is 59.8 Å². The number of benzene rings is 2. The summed E-state index contributed by atoms with van der Waals surface area (Å²) in [5.41, 5.74) is 0.523. The van der Waals surface area contributed by atoms with E-state index in [1.165, 1.54) is 0 Å². The molecule has 1 heterocycles. The number of hydrogen-bond acceptors (Lipinski definition) is 4. The summed E-state index contributed by atoms with van der Waals surface area (Å²) in [5.74, 6) is -0.0984. The molecule has 3 rings (SSSR count). The molecule has 2 aromatic carbocycles. The molecule has 1 aromatic heterocycles. The van der Waals surface area contributed by atoms with Gasteiger partial charge >= 0.3 is 12.0 Å². The summed E-state index contributed by atoms with van der Waals surface area (Å²) in [6, 6.07) is 14.2. The van der Waals surface area contributed by atoms with Gasteiger partial charge in [0.1, 0.15) is 11.1 Å². The van der Waals surface area contributed by atoms with Gasteiger partial charge in [0.2, 0.25) is 5.43 Å². The van der Waals surface area contributed by atoms with Crippen LogP contribution in [0.3, 0.4) is 0 Å². The first kappa shape index (κ1) is 20.1. The monoisotopic (exact) mass is 443 g/mol. The van der Waals surface area contributed by atoms with Crippen molar-refractivity contribution in [2.75, 3.05) is 6.54 Å². The second kappa shape index (κ2) is 7.80. The largest absolute Gasteiger partial charge is 0.425 e. The molecule has 5 nitrogen and oxygen atoms in total. The zero-order chi connectivity index (χ0) is 20.5. The number of rotatable bonds is 3. The van der Waals surface area contributed by atoms with Crippen molar-refractivity contribution in [3.05, 3.63) is 63.2 Å². The number of nitrogens with zero attached hydrogens (tertiary/aromatic N) is 1. The van der Waals surface area contributed by atoms with Crippen molar-refractivity contribution >= 4 is 33.0 Å². The van der Waals surface area contributed by atoms with Crippen molar-refractivity contribution in [3.63, 3.8) is 0 Å². The fourth-order valence-corrected chi connectivity index (χ4v) is 3.45. The lowest BCUT2D eigenvalue weighted by atomic mass is 10.0. The van der Waals surface area contributed by atoms with E-state index in [0.29, 0.717) is 23.1 Å². The third-order valence-electron chi connectivity index (χ3n) is 4.41. The second-order valence-electron chi connectivity index (χ2n) is 7.38. The van der Waals surface area contributed by atoms with Crippen LogP contribution in [-0.2, 0) is 0 Å². The minimum atomic E-state index is -0.563. The molecule has 0 atom stereocenters. The van der Waals surface area contributed by atoms with E-state index in [-0.39, 0.29) is 16.9 Å². The van der Waals surface area contributed by atoms with Crippen molar-refractivity contribution < 1.29 is 13.9 Å². The lowest BCUT2D eigenvalue weighted by molar-refractivity contribution is 0.103. The van der Waals surface area contributed by atoms with E-state index in [0.717, 1.165) is 4.47 Å². The van der Waals surface area contributed by atoms with Crippen LogP contribution in [0.2, 0.25) is 0 Å². The summed E-state index contributed by atoms with van der Waals surface area (Å²) in [6.07, 6.45) is -0.563. The summed E-state index contributed by atoms with van der Waals surface area (Å²) in [7, 11) is 0. The van der Waals surface area contributed by atoms with Crippen LogP contribution in [0.5, 0.6) is 5.95 Å². The second-order valence-corrected chi connectivity index (χ2v) is 8.30. The number of ether oxygens (including phenoxy) is 1. The summed E-state index contributed by atoms with van der Waals surface area (Å²) >= 11 is 3.38. The average Bonchev–Trinajstić information content (AvgIpc) is 2.63. The van der Waals surface area contributed by atoms with Crippen LogP contribution in [0, 0.1) is 0 Å². The Labute approximate surface area is 172 Å². The van der Waals surface area contributed by atoms with Gasteiger partial charge in [-0.1, -0.05) is 46.3 Å².